The molecule has 0 atom stereocenters. The fourth-order valence-electron chi connectivity index (χ4n) is 2.94. The fraction of sp³-hybridized carbons (Fsp3) is 0.412. The van der Waals surface area contributed by atoms with Crippen LogP contribution in [-0.4, -0.2) is 20.9 Å². The maximum absolute atomic E-state index is 10.8. The molecule has 3 rings (SSSR count). The summed E-state index contributed by atoms with van der Waals surface area (Å²) in [4.78, 5) is 10.8. The molecule has 5 nitrogen and oxygen atoms in total. The maximum Gasteiger partial charge on any atom is 0.335 e. The number of carboxylic acid groups (broad SMARTS) is 1. The van der Waals surface area contributed by atoms with Gasteiger partial charge in [-0.1, -0.05) is 25.0 Å². The number of carboxylic acids is 1. The summed E-state index contributed by atoms with van der Waals surface area (Å²) in [6.45, 7) is 1.43. The Morgan fingerprint density at radius 3 is 2.59 bits per heavy atom. The van der Waals surface area contributed by atoms with E-state index in [1.807, 2.05) is 12.1 Å². The van der Waals surface area contributed by atoms with Crippen LogP contribution in [-0.2, 0) is 13.1 Å². The Morgan fingerprint density at radius 2 is 1.91 bits per heavy atom. The third kappa shape index (κ3) is 3.54. The molecule has 1 aliphatic carbocycles. The van der Waals surface area contributed by atoms with Crippen molar-refractivity contribution >= 4 is 5.97 Å². The monoisotopic (exact) mass is 299 g/mol. The largest absolute Gasteiger partial charge is 0.478 e. The summed E-state index contributed by atoms with van der Waals surface area (Å²) >= 11 is 0. The quantitative estimate of drug-likeness (QED) is 0.860. The Balaban J connectivity index is 1.49. The predicted molar refractivity (Wildman–Crippen MR) is 83.7 cm³/mol. The van der Waals surface area contributed by atoms with Crippen LogP contribution in [0, 0.1) is 0 Å². The minimum Gasteiger partial charge on any atom is -0.478 e. The molecule has 0 unspecified atom stereocenters. The van der Waals surface area contributed by atoms with Gasteiger partial charge in [-0.2, -0.15) is 5.10 Å². The van der Waals surface area contributed by atoms with Crippen molar-refractivity contribution in [1.29, 1.82) is 0 Å². The van der Waals surface area contributed by atoms with E-state index in [4.69, 9.17) is 5.11 Å². The molecule has 2 N–H and O–H groups in total. The average molecular weight is 299 g/mol. The minimum absolute atomic E-state index is 0.319. The lowest BCUT2D eigenvalue weighted by Gasteiger charge is -2.09. The van der Waals surface area contributed by atoms with Gasteiger partial charge < -0.3 is 10.4 Å². The highest BCUT2D eigenvalue weighted by Crippen LogP contribution is 2.28. The maximum atomic E-state index is 10.8. The second-order valence-electron chi connectivity index (χ2n) is 5.83. The van der Waals surface area contributed by atoms with Gasteiger partial charge in [-0.05, 0) is 36.6 Å². The van der Waals surface area contributed by atoms with Crippen LogP contribution in [0.1, 0.15) is 53.3 Å². The van der Waals surface area contributed by atoms with E-state index < -0.39 is 5.97 Å². The van der Waals surface area contributed by atoms with Crippen LogP contribution < -0.4 is 5.32 Å². The Morgan fingerprint density at radius 1 is 1.18 bits per heavy atom. The number of nitrogens with one attached hydrogen (secondary N) is 1. The van der Waals surface area contributed by atoms with Crippen molar-refractivity contribution in [3.05, 3.63) is 53.3 Å². The molecule has 0 amide bonds. The molecule has 1 saturated carbocycles. The van der Waals surface area contributed by atoms with Crippen molar-refractivity contribution in [3.8, 4) is 0 Å². The predicted octanol–water partition coefficient (Wildman–Crippen LogP) is 2.99. The molecule has 1 aromatic carbocycles. The first-order valence-electron chi connectivity index (χ1n) is 7.79. The van der Waals surface area contributed by atoms with Gasteiger partial charge in [0.25, 0.3) is 0 Å². The molecule has 1 aliphatic rings. The number of nitrogens with zero attached hydrogens (tertiary/aromatic N) is 2. The second kappa shape index (κ2) is 6.75. The van der Waals surface area contributed by atoms with E-state index in [1.165, 1.54) is 25.7 Å². The minimum atomic E-state index is -0.892. The topological polar surface area (TPSA) is 67.2 Å². The second-order valence-corrected chi connectivity index (χ2v) is 5.83. The lowest BCUT2D eigenvalue weighted by Crippen LogP contribution is -2.14. The molecule has 0 saturated heterocycles. The zero-order valence-electron chi connectivity index (χ0n) is 12.5. The van der Waals surface area contributed by atoms with Gasteiger partial charge in [0.2, 0.25) is 0 Å². The Hall–Kier alpha value is -2.14. The first-order valence-corrected chi connectivity index (χ1v) is 7.79. The number of carbonyl (C=O) groups is 1. The van der Waals surface area contributed by atoms with Crippen molar-refractivity contribution in [3.63, 3.8) is 0 Å². The number of rotatable bonds is 6. The first-order chi connectivity index (χ1) is 10.7. The van der Waals surface area contributed by atoms with Crippen LogP contribution in [0.5, 0.6) is 0 Å². The Bertz CT molecular complexity index is 628. The van der Waals surface area contributed by atoms with Crippen molar-refractivity contribution in [1.82, 2.24) is 15.1 Å². The van der Waals surface area contributed by atoms with E-state index in [2.05, 4.69) is 27.4 Å². The summed E-state index contributed by atoms with van der Waals surface area (Å²) in [5.74, 6) is -0.892. The first kappa shape index (κ1) is 14.8. The molecule has 116 valence electrons. The molecule has 1 heterocycles. The van der Waals surface area contributed by atoms with Crippen LogP contribution >= 0.6 is 0 Å². The molecule has 2 aromatic rings. The van der Waals surface area contributed by atoms with E-state index in [9.17, 15) is 4.79 Å². The lowest BCUT2D eigenvalue weighted by molar-refractivity contribution is 0.0697. The molecule has 0 bridgehead atoms. The molecular formula is C17H21N3O2. The molecule has 0 radical (unpaired) electrons. The van der Waals surface area contributed by atoms with Gasteiger partial charge in [0.05, 0.1) is 17.3 Å². The lowest BCUT2D eigenvalue weighted by atomic mass is 10.1. The summed E-state index contributed by atoms with van der Waals surface area (Å²) in [5, 5.41) is 16.9. The van der Waals surface area contributed by atoms with Crippen molar-refractivity contribution in [2.24, 2.45) is 0 Å². The summed E-state index contributed by atoms with van der Waals surface area (Å²) in [7, 11) is 0. The summed E-state index contributed by atoms with van der Waals surface area (Å²) in [6.07, 6.45) is 7.18. The Labute approximate surface area is 130 Å². The van der Waals surface area contributed by atoms with Crippen molar-refractivity contribution in [2.75, 3.05) is 0 Å². The van der Waals surface area contributed by atoms with Crippen molar-refractivity contribution < 1.29 is 9.90 Å². The van der Waals surface area contributed by atoms with Gasteiger partial charge in [0, 0.05) is 19.3 Å². The standard InChI is InChI=1S/C17H21N3O2/c21-17(22)14-7-5-13(6-8-14)11-18-12-15-9-10-20(19-15)16-3-1-2-4-16/h5-10,16,18H,1-4,11-12H2,(H,21,22). The molecular weight excluding hydrogens is 278 g/mol. The van der Waals surface area contributed by atoms with Crippen molar-refractivity contribution in [2.45, 2.75) is 44.8 Å². The zero-order chi connectivity index (χ0) is 15.4. The van der Waals surface area contributed by atoms with Gasteiger partial charge in [0.1, 0.15) is 0 Å². The average Bonchev–Trinajstić information content (AvgIpc) is 3.19. The fourth-order valence-corrected chi connectivity index (χ4v) is 2.94. The van der Waals surface area contributed by atoms with Crippen LogP contribution in [0.4, 0.5) is 0 Å². The van der Waals surface area contributed by atoms with Crippen LogP contribution in [0.25, 0.3) is 0 Å². The number of aromatic nitrogens is 2. The number of hydrogen-bond acceptors (Lipinski definition) is 3. The molecule has 1 aromatic heterocycles. The molecule has 5 heteroatoms. The number of aromatic carboxylic acids is 1. The SMILES string of the molecule is O=C(O)c1ccc(CNCc2ccn(C3CCCC3)n2)cc1. The van der Waals surface area contributed by atoms with E-state index in [1.54, 1.807) is 12.1 Å². The van der Waals surface area contributed by atoms with E-state index in [0.717, 1.165) is 17.8 Å². The van der Waals surface area contributed by atoms with E-state index in [-0.39, 0.29) is 0 Å². The highest BCUT2D eigenvalue weighted by atomic mass is 16.4. The smallest absolute Gasteiger partial charge is 0.335 e. The van der Waals surface area contributed by atoms with Crippen LogP contribution in [0.15, 0.2) is 36.5 Å². The summed E-state index contributed by atoms with van der Waals surface area (Å²) < 4.78 is 2.10. The van der Waals surface area contributed by atoms with E-state index in [0.29, 0.717) is 18.2 Å². The van der Waals surface area contributed by atoms with Gasteiger partial charge >= 0.3 is 5.97 Å². The van der Waals surface area contributed by atoms with Gasteiger partial charge in [0.15, 0.2) is 0 Å². The molecule has 0 aliphatic heterocycles. The molecule has 0 spiro atoms. The van der Waals surface area contributed by atoms with Crippen LogP contribution in [0.3, 0.4) is 0 Å². The summed E-state index contributed by atoms with van der Waals surface area (Å²) in [6, 6.07) is 9.60. The molecule has 22 heavy (non-hydrogen) atoms. The van der Waals surface area contributed by atoms with Crippen LogP contribution in [0.2, 0.25) is 0 Å². The third-order valence-electron chi connectivity index (χ3n) is 4.20. The molecule has 1 fully saturated rings. The highest BCUT2D eigenvalue weighted by molar-refractivity contribution is 5.87. The number of benzene rings is 1. The summed E-state index contributed by atoms with van der Waals surface area (Å²) in [5.41, 5.74) is 2.44. The zero-order valence-corrected chi connectivity index (χ0v) is 12.5. The van der Waals surface area contributed by atoms with E-state index >= 15 is 0 Å². The normalized spacial score (nSPS) is 15.3. The Kier molecular flexibility index (Phi) is 4.53. The third-order valence-corrected chi connectivity index (χ3v) is 4.20. The van der Waals surface area contributed by atoms with Gasteiger partial charge in [-0.25, -0.2) is 4.79 Å². The van der Waals surface area contributed by atoms with Gasteiger partial charge in [-0.15, -0.1) is 0 Å². The highest BCUT2D eigenvalue weighted by Gasteiger charge is 2.17. The number of hydrogen-bond donors (Lipinski definition) is 2. The van der Waals surface area contributed by atoms with Gasteiger partial charge in [-0.3, -0.25) is 4.68 Å².